The summed E-state index contributed by atoms with van der Waals surface area (Å²) in [6, 6.07) is 9.12. The fourth-order valence-corrected chi connectivity index (χ4v) is 1.73. The number of nitrogens with one attached hydrogen (secondary N) is 2. The van der Waals surface area contributed by atoms with Crippen molar-refractivity contribution in [2.24, 2.45) is 0 Å². The number of nitrogens with zero attached hydrogens (tertiary/aromatic N) is 2. The van der Waals surface area contributed by atoms with Gasteiger partial charge in [0.15, 0.2) is 0 Å². The van der Waals surface area contributed by atoms with Crippen molar-refractivity contribution in [1.29, 1.82) is 0 Å². The summed E-state index contributed by atoms with van der Waals surface area (Å²) in [5.74, 6) is 1.93. The molecule has 0 aliphatic carbocycles. The van der Waals surface area contributed by atoms with E-state index in [0.717, 1.165) is 31.1 Å². The van der Waals surface area contributed by atoms with Gasteiger partial charge in [-0.05, 0) is 31.0 Å². The topological polar surface area (TPSA) is 70.1 Å². The van der Waals surface area contributed by atoms with E-state index in [1.807, 2.05) is 25.1 Å². The molecule has 0 aliphatic heterocycles. The minimum Gasteiger partial charge on any atom is -0.508 e. The Bertz CT molecular complexity index is 513. The van der Waals surface area contributed by atoms with Crippen molar-refractivity contribution < 1.29 is 5.11 Å². The summed E-state index contributed by atoms with van der Waals surface area (Å²) in [6.07, 6.45) is 2.42. The highest BCUT2D eigenvalue weighted by atomic mass is 16.3. The van der Waals surface area contributed by atoms with Crippen molar-refractivity contribution in [1.82, 2.24) is 9.97 Å². The van der Waals surface area contributed by atoms with Gasteiger partial charge < -0.3 is 15.7 Å². The van der Waals surface area contributed by atoms with Crippen LogP contribution in [0, 0.1) is 0 Å². The van der Waals surface area contributed by atoms with E-state index < -0.39 is 0 Å². The third-order valence-corrected chi connectivity index (χ3v) is 2.68. The van der Waals surface area contributed by atoms with Gasteiger partial charge in [0.1, 0.15) is 23.7 Å². The van der Waals surface area contributed by atoms with Gasteiger partial charge in [-0.15, -0.1) is 0 Å². The van der Waals surface area contributed by atoms with E-state index in [0.29, 0.717) is 5.75 Å². The van der Waals surface area contributed by atoms with Crippen molar-refractivity contribution in [2.75, 3.05) is 23.7 Å². The van der Waals surface area contributed by atoms with E-state index in [9.17, 15) is 5.11 Å². The van der Waals surface area contributed by atoms with E-state index in [1.54, 1.807) is 18.5 Å². The molecule has 0 spiro atoms. The number of phenolic OH excluding ortho intramolecular Hbond substituents is 1. The predicted octanol–water partition coefficient (Wildman–Crippen LogP) is 2.27. The van der Waals surface area contributed by atoms with Gasteiger partial charge in [-0.2, -0.15) is 0 Å². The van der Waals surface area contributed by atoms with Gasteiger partial charge >= 0.3 is 0 Å². The highest BCUT2D eigenvalue weighted by Crippen LogP contribution is 2.11. The zero-order valence-corrected chi connectivity index (χ0v) is 10.9. The van der Waals surface area contributed by atoms with Crippen LogP contribution in [-0.2, 0) is 6.42 Å². The first kappa shape index (κ1) is 13.1. The fraction of sp³-hybridized carbons (Fsp3) is 0.286. The van der Waals surface area contributed by atoms with Crippen LogP contribution in [0.25, 0.3) is 0 Å². The van der Waals surface area contributed by atoms with Gasteiger partial charge in [0, 0.05) is 19.2 Å². The third-order valence-electron chi connectivity index (χ3n) is 2.68. The van der Waals surface area contributed by atoms with Crippen LogP contribution in [0.15, 0.2) is 36.7 Å². The first-order chi connectivity index (χ1) is 9.28. The molecule has 0 aliphatic rings. The molecule has 0 unspecified atom stereocenters. The summed E-state index contributed by atoms with van der Waals surface area (Å²) in [5.41, 5.74) is 1.17. The molecule has 1 aromatic carbocycles. The van der Waals surface area contributed by atoms with Crippen molar-refractivity contribution >= 4 is 11.6 Å². The lowest BCUT2D eigenvalue weighted by atomic mass is 10.1. The van der Waals surface area contributed by atoms with E-state index >= 15 is 0 Å². The molecular formula is C14H18N4O. The second-order valence-corrected chi connectivity index (χ2v) is 4.16. The summed E-state index contributed by atoms with van der Waals surface area (Å²) in [4.78, 5) is 8.28. The molecule has 2 rings (SSSR count). The molecule has 0 radical (unpaired) electrons. The Hall–Kier alpha value is -2.30. The van der Waals surface area contributed by atoms with Gasteiger partial charge in [-0.3, -0.25) is 0 Å². The first-order valence-electron chi connectivity index (χ1n) is 6.35. The lowest BCUT2D eigenvalue weighted by Crippen LogP contribution is -2.07. The Morgan fingerprint density at radius 1 is 1.05 bits per heavy atom. The van der Waals surface area contributed by atoms with Crippen molar-refractivity contribution in [2.45, 2.75) is 13.3 Å². The molecule has 1 aromatic heterocycles. The van der Waals surface area contributed by atoms with Crippen LogP contribution < -0.4 is 10.6 Å². The highest BCUT2D eigenvalue weighted by molar-refractivity contribution is 5.46. The molecule has 1 heterocycles. The summed E-state index contributed by atoms with van der Waals surface area (Å²) in [6.45, 7) is 3.65. The van der Waals surface area contributed by atoms with Crippen LogP contribution in [-0.4, -0.2) is 28.2 Å². The van der Waals surface area contributed by atoms with Crippen molar-refractivity contribution in [3.63, 3.8) is 0 Å². The largest absolute Gasteiger partial charge is 0.508 e. The maximum absolute atomic E-state index is 9.20. The summed E-state index contributed by atoms with van der Waals surface area (Å²) >= 11 is 0. The fourth-order valence-electron chi connectivity index (χ4n) is 1.73. The van der Waals surface area contributed by atoms with Gasteiger partial charge in [0.25, 0.3) is 0 Å². The van der Waals surface area contributed by atoms with Crippen molar-refractivity contribution in [3.05, 3.63) is 42.2 Å². The Morgan fingerprint density at radius 3 is 2.42 bits per heavy atom. The number of anilines is 2. The number of rotatable bonds is 6. The van der Waals surface area contributed by atoms with Crippen LogP contribution in [0.4, 0.5) is 11.6 Å². The quantitative estimate of drug-likeness (QED) is 0.741. The second kappa shape index (κ2) is 6.58. The van der Waals surface area contributed by atoms with Gasteiger partial charge in [-0.1, -0.05) is 12.1 Å². The number of hydrogen-bond acceptors (Lipinski definition) is 5. The molecule has 0 bridgehead atoms. The zero-order chi connectivity index (χ0) is 13.5. The molecule has 2 aromatic rings. The summed E-state index contributed by atoms with van der Waals surface area (Å²) < 4.78 is 0. The molecule has 0 amide bonds. The van der Waals surface area contributed by atoms with Gasteiger partial charge in [0.2, 0.25) is 0 Å². The van der Waals surface area contributed by atoms with Gasteiger partial charge in [0.05, 0.1) is 0 Å². The Labute approximate surface area is 112 Å². The average Bonchev–Trinajstić information content (AvgIpc) is 2.42. The SMILES string of the molecule is CCNc1cc(NCCc2ccc(O)cc2)ncn1. The number of phenols is 1. The third kappa shape index (κ3) is 4.13. The maximum Gasteiger partial charge on any atom is 0.131 e. The summed E-state index contributed by atoms with van der Waals surface area (Å²) in [5, 5.41) is 15.6. The molecule has 19 heavy (non-hydrogen) atoms. The molecule has 0 saturated carbocycles. The van der Waals surface area contributed by atoms with Gasteiger partial charge in [-0.25, -0.2) is 9.97 Å². The first-order valence-corrected chi connectivity index (χ1v) is 6.35. The Balaban J connectivity index is 1.85. The van der Waals surface area contributed by atoms with E-state index in [4.69, 9.17) is 0 Å². The number of hydrogen-bond donors (Lipinski definition) is 3. The Morgan fingerprint density at radius 2 is 1.74 bits per heavy atom. The average molecular weight is 258 g/mol. The van der Waals surface area contributed by atoms with Crippen LogP contribution in [0.3, 0.4) is 0 Å². The summed E-state index contributed by atoms with van der Waals surface area (Å²) in [7, 11) is 0. The van der Waals surface area contributed by atoms with Crippen molar-refractivity contribution in [3.8, 4) is 5.75 Å². The minimum absolute atomic E-state index is 0.294. The molecule has 0 saturated heterocycles. The minimum atomic E-state index is 0.294. The molecular weight excluding hydrogens is 240 g/mol. The van der Waals surface area contributed by atoms with E-state index in [1.165, 1.54) is 5.56 Å². The second-order valence-electron chi connectivity index (χ2n) is 4.16. The monoisotopic (exact) mass is 258 g/mol. The molecule has 3 N–H and O–H groups in total. The molecule has 0 atom stereocenters. The van der Waals surface area contributed by atoms with Crippen LogP contribution in [0.2, 0.25) is 0 Å². The molecule has 5 nitrogen and oxygen atoms in total. The molecule has 100 valence electrons. The van der Waals surface area contributed by atoms with E-state index in [2.05, 4.69) is 20.6 Å². The maximum atomic E-state index is 9.20. The number of aromatic nitrogens is 2. The number of benzene rings is 1. The van der Waals surface area contributed by atoms with Crippen LogP contribution in [0.5, 0.6) is 5.75 Å². The van der Waals surface area contributed by atoms with E-state index in [-0.39, 0.29) is 0 Å². The Kier molecular flexibility index (Phi) is 4.55. The molecule has 0 fully saturated rings. The molecule has 5 heteroatoms. The zero-order valence-electron chi connectivity index (χ0n) is 10.9. The van der Waals surface area contributed by atoms with Crippen LogP contribution >= 0.6 is 0 Å². The lowest BCUT2D eigenvalue weighted by molar-refractivity contribution is 0.475. The number of aromatic hydroxyl groups is 1. The predicted molar refractivity (Wildman–Crippen MR) is 76.5 cm³/mol. The van der Waals surface area contributed by atoms with Crippen LogP contribution in [0.1, 0.15) is 12.5 Å². The highest BCUT2D eigenvalue weighted by Gasteiger charge is 1.98. The smallest absolute Gasteiger partial charge is 0.131 e. The standard InChI is InChI=1S/C14H18N4O/c1-2-15-13-9-14(18-10-17-13)16-8-7-11-3-5-12(19)6-4-11/h3-6,9-10,19H,2,7-8H2,1H3,(H2,15,16,17,18). The normalized spacial score (nSPS) is 10.2. The lowest BCUT2D eigenvalue weighted by Gasteiger charge is -2.07.